The van der Waals surface area contributed by atoms with E-state index in [0.717, 1.165) is 40.2 Å². The lowest BCUT2D eigenvalue weighted by molar-refractivity contribution is 0.0602. The van der Waals surface area contributed by atoms with Crippen molar-refractivity contribution in [1.29, 1.82) is 0 Å². The number of unbranched alkanes of at least 4 members (excludes halogenated alkanes) is 1. The normalized spacial score (nSPS) is 11.0. The third kappa shape index (κ3) is 5.31. The monoisotopic (exact) mass is 511 g/mol. The highest BCUT2D eigenvalue weighted by atomic mass is 32.1. The fourth-order valence-corrected chi connectivity index (χ4v) is 5.05. The Kier molecular flexibility index (Phi) is 8.10. The lowest BCUT2D eigenvalue weighted by Crippen LogP contribution is -2.12. The van der Waals surface area contributed by atoms with Crippen molar-refractivity contribution in [3.63, 3.8) is 0 Å². The van der Waals surface area contributed by atoms with Gasteiger partial charge in [-0.1, -0.05) is 13.3 Å². The van der Waals surface area contributed by atoms with Crippen LogP contribution in [0.5, 0.6) is 11.5 Å². The number of anilines is 1. The van der Waals surface area contributed by atoms with Gasteiger partial charge in [0.05, 0.1) is 36.9 Å². The van der Waals surface area contributed by atoms with Crippen LogP contribution in [0.1, 0.15) is 35.1 Å². The zero-order valence-corrected chi connectivity index (χ0v) is 21.7. The summed E-state index contributed by atoms with van der Waals surface area (Å²) in [5, 5.41) is 4.16. The Morgan fingerprint density at radius 3 is 2.75 bits per heavy atom. The number of esters is 1. The third-order valence-electron chi connectivity index (χ3n) is 5.90. The van der Waals surface area contributed by atoms with Gasteiger partial charge >= 0.3 is 5.97 Å². The van der Waals surface area contributed by atoms with Crippen molar-refractivity contribution >= 4 is 33.9 Å². The molecule has 0 radical (unpaired) electrons. The SMILES string of the molecule is CCCCOc1cc(-c2cc(NCCn3c(C)cc4c(OC)ccc(F)c43)ccn2)sc1C(=O)OC. The number of hydrogen-bond donors (Lipinski definition) is 1. The molecule has 4 aromatic rings. The third-order valence-corrected chi connectivity index (χ3v) is 7.02. The van der Waals surface area contributed by atoms with Gasteiger partial charge in [0, 0.05) is 42.1 Å². The maximum absolute atomic E-state index is 14.6. The quantitative estimate of drug-likeness (QED) is 0.188. The van der Waals surface area contributed by atoms with Crippen molar-refractivity contribution in [3.8, 4) is 22.1 Å². The van der Waals surface area contributed by atoms with Gasteiger partial charge in [0.25, 0.3) is 0 Å². The van der Waals surface area contributed by atoms with E-state index in [4.69, 9.17) is 14.2 Å². The van der Waals surface area contributed by atoms with E-state index >= 15 is 0 Å². The first-order valence-electron chi connectivity index (χ1n) is 11.8. The molecular formula is C27H30FN3O4S. The second-order valence-electron chi connectivity index (χ2n) is 8.30. The molecule has 0 saturated carbocycles. The summed E-state index contributed by atoms with van der Waals surface area (Å²) in [5.74, 6) is 0.467. The van der Waals surface area contributed by atoms with E-state index in [1.165, 1.54) is 24.5 Å². The van der Waals surface area contributed by atoms with E-state index in [2.05, 4.69) is 17.2 Å². The Labute approximate surface area is 213 Å². The first-order valence-corrected chi connectivity index (χ1v) is 12.7. The van der Waals surface area contributed by atoms with E-state index in [9.17, 15) is 9.18 Å². The van der Waals surface area contributed by atoms with Crippen molar-refractivity contribution in [3.05, 3.63) is 59.0 Å². The lowest BCUT2D eigenvalue weighted by Gasteiger charge is -2.12. The first kappa shape index (κ1) is 25.5. The first-order chi connectivity index (χ1) is 17.5. The highest BCUT2D eigenvalue weighted by Crippen LogP contribution is 2.37. The van der Waals surface area contributed by atoms with Crippen molar-refractivity contribution in [2.45, 2.75) is 33.2 Å². The van der Waals surface area contributed by atoms with E-state index in [1.807, 2.05) is 35.8 Å². The van der Waals surface area contributed by atoms with Gasteiger partial charge in [0.2, 0.25) is 0 Å². The van der Waals surface area contributed by atoms with Gasteiger partial charge in [-0.25, -0.2) is 9.18 Å². The summed E-state index contributed by atoms with van der Waals surface area (Å²) in [4.78, 5) is 18.0. The molecule has 9 heteroatoms. The molecule has 0 amide bonds. The Bertz CT molecular complexity index is 1360. The molecule has 0 unspecified atom stereocenters. The van der Waals surface area contributed by atoms with Gasteiger partial charge in [-0.3, -0.25) is 4.98 Å². The van der Waals surface area contributed by atoms with Crippen LogP contribution in [0, 0.1) is 12.7 Å². The topological polar surface area (TPSA) is 74.6 Å². The number of nitrogens with zero attached hydrogens (tertiary/aromatic N) is 2. The Hall–Kier alpha value is -3.59. The van der Waals surface area contributed by atoms with Crippen LogP contribution in [0.3, 0.4) is 0 Å². The molecule has 3 heterocycles. The number of pyridine rings is 1. The molecule has 4 rings (SSSR count). The number of aromatic nitrogens is 2. The standard InChI is InChI=1S/C27H30FN3O4S/c1-5-6-13-35-23-16-24(36-26(23)27(32)34-4)21-15-18(9-10-30-21)29-11-12-31-17(2)14-19-22(33-3)8-7-20(28)25(19)31/h7-10,14-16H,5-6,11-13H2,1-4H3,(H,29,30). The number of methoxy groups -OCH3 is 2. The molecule has 0 atom stereocenters. The number of benzene rings is 1. The maximum Gasteiger partial charge on any atom is 0.351 e. The number of halogens is 1. The van der Waals surface area contributed by atoms with Crippen LogP contribution in [0.15, 0.2) is 42.6 Å². The van der Waals surface area contributed by atoms with Crippen LogP contribution in [-0.2, 0) is 11.3 Å². The molecule has 3 aromatic heterocycles. The predicted octanol–water partition coefficient (Wildman–Crippen LogP) is 6.30. The number of nitrogens with one attached hydrogen (secondary N) is 1. The summed E-state index contributed by atoms with van der Waals surface area (Å²) < 4.78 is 32.7. The Balaban J connectivity index is 1.51. The molecule has 36 heavy (non-hydrogen) atoms. The molecule has 7 nitrogen and oxygen atoms in total. The molecule has 0 aliphatic carbocycles. The summed E-state index contributed by atoms with van der Waals surface area (Å²) in [5.41, 5.74) is 3.08. The van der Waals surface area contributed by atoms with Gasteiger partial charge in [0.15, 0.2) is 4.88 Å². The summed E-state index contributed by atoms with van der Waals surface area (Å²) in [6.07, 6.45) is 3.61. The fourth-order valence-electron chi connectivity index (χ4n) is 4.06. The van der Waals surface area contributed by atoms with Crippen molar-refractivity contribution in [1.82, 2.24) is 9.55 Å². The highest BCUT2D eigenvalue weighted by molar-refractivity contribution is 7.17. The van der Waals surface area contributed by atoms with Gasteiger partial charge < -0.3 is 24.1 Å². The van der Waals surface area contributed by atoms with Crippen LogP contribution < -0.4 is 14.8 Å². The van der Waals surface area contributed by atoms with Crippen molar-refractivity contribution in [2.24, 2.45) is 0 Å². The van der Waals surface area contributed by atoms with Gasteiger partial charge in [-0.15, -0.1) is 11.3 Å². The summed E-state index contributed by atoms with van der Waals surface area (Å²) in [6, 6.07) is 10.7. The molecule has 0 spiro atoms. The zero-order valence-electron chi connectivity index (χ0n) is 20.9. The minimum atomic E-state index is -0.426. The molecule has 0 saturated heterocycles. The number of thiophene rings is 1. The van der Waals surface area contributed by atoms with Gasteiger partial charge in [0.1, 0.15) is 17.3 Å². The van der Waals surface area contributed by atoms with Gasteiger partial charge in [-0.05, 0) is 43.7 Å². The second-order valence-corrected chi connectivity index (χ2v) is 9.36. The summed E-state index contributed by atoms with van der Waals surface area (Å²) in [6.45, 7) is 5.72. The van der Waals surface area contributed by atoms with Crippen LogP contribution in [0.25, 0.3) is 21.5 Å². The Morgan fingerprint density at radius 1 is 1.17 bits per heavy atom. The maximum atomic E-state index is 14.6. The Morgan fingerprint density at radius 2 is 2.00 bits per heavy atom. The predicted molar refractivity (Wildman–Crippen MR) is 141 cm³/mol. The van der Waals surface area contributed by atoms with Gasteiger partial charge in [-0.2, -0.15) is 0 Å². The molecule has 0 bridgehead atoms. The number of fused-ring (bicyclic) bond motifs is 1. The number of hydrogen-bond acceptors (Lipinski definition) is 7. The van der Waals surface area contributed by atoms with Crippen LogP contribution >= 0.6 is 11.3 Å². The highest BCUT2D eigenvalue weighted by Gasteiger charge is 2.20. The molecule has 190 valence electrons. The number of carbonyl (C=O) groups excluding carboxylic acids is 1. The van der Waals surface area contributed by atoms with Crippen LogP contribution in [0.2, 0.25) is 0 Å². The van der Waals surface area contributed by atoms with E-state index < -0.39 is 5.97 Å². The molecule has 0 fully saturated rings. The lowest BCUT2D eigenvalue weighted by atomic mass is 10.2. The fraction of sp³-hybridized carbons (Fsp3) is 0.333. The van der Waals surface area contributed by atoms with E-state index in [0.29, 0.717) is 41.6 Å². The molecular weight excluding hydrogens is 481 g/mol. The van der Waals surface area contributed by atoms with Crippen LogP contribution in [-0.4, -0.2) is 42.9 Å². The second kappa shape index (κ2) is 11.4. The van der Waals surface area contributed by atoms with Crippen LogP contribution in [0.4, 0.5) is 10.1 Å². The number of carbonyl (C=O) groups is 1. The number of ether oxygens (including phenoxy) is 3. The summed E-state index contributed by atoms with van der Waals surface area (Å²) in [7, 11) is 2.95. The average Bonchev–Trinajstić information content (AvgIpc) is 3.46. The zero-order chi connectivity index (χ0) is 25.7. The van der Waals surface area contributed by atoms with Crippen molar-refractivity contribution in [2.75, 3.05) is 32.7 Å². The molecule has 0 aliphatic heterocycles. The number of rotatable bonds is 11. The molecule has 0 aliphatic rings. The number of aryl methyl sites for hydroxylation is 1. The minimum Gasteiger partial charge on any atom is -0.496 e. The van der Waals surface area contributed by atoms with E-state index in [-0.39, 0.29) is 5.82 Å². The smallest absolute Gasteiger partial charge is 0.351 e. The summed E-state index contributed by atoms with van der Waals surface area (Å²) >= 11 is 1.29. The largest absolute Gasteiger partial charge is 0.496 e. The average molecular weight is 512 g/mol. The minimum absolute atomic E-state index is 0.277. The van der Waals surface area contributed by atoms with E-state index in [1.54, 1.807) is 19.4 Å². The molecule has 1 N–H and O–H groups in total. The van der Waals surface area contributed by atoms with Crippen molar-refractivity contribution < 1.29 is 23.4 Å². The molecule has 1 aromatic carbocycles.